The molecule has 1 amide bonds. The third-order valence-corrected chi connectivity index (χ3v) is 6.02. The number of para-hydroxylation sites is 1. The van der Waals surface area contributed by atoms with E-state index in [1.165, 1.54) is 12.1 Å². The lowest BCUT2D eigenvalue weighted by Crippen LogP contribution is -2.34. The fourth-order valence-electron chi connectivity index (χ4n) is 4.69. The molecule has 31 heavy (non-hydrogen) atoms. The molecule has 5 rings (SSSR count). The van der Waals surface area contributed by atoms with E-state index in [9.17, 15) is 13.6 Å². The predicted molar refractivity (Wildman–Crippen MR) is 110 cm³/mol. The summed E-state index contributed by atoms with van der Waals surface area (Å²) in [5.74, 6) is -0.149. The van der Waals surface area contributed by atoms with E-state index in [2.05, 4.69) is 20.0 Å². The number of aromatic nitrogens is 4. The highest BCUT2D eigenvalue weighted by Crippen LogP contribution is 2.34. The molecule has 2 atom stereocenters. The Morgan fingerprint density at radius 1 is 1.03 bits per heavy atom. The summed E-state index contributed by atoms with van der Waals surface area (Å²) >= 11 is 0. The average molecular weight is 424 g/mol. The van der Waals surface area contributed by atoms with E-state index in [4.69, 9.17) is 0 Å². The van der Waals surface area contributed by atoms with Gasteiger partial charge in [0.1, 0.15) is 11.5 Å². The van der Waals surface area contributed by atoms with Gasteiger partial charge in [-0.25, -0.2) is 23.4 Å². The molecule has 0 aliphatic carbocycles. The number of nitrogens with zero attached hydrogens (tertiary/aromatic N) is 6. The van der Waals surface area contributed by atoms with Gasteiger partial charge in [-0.05, 0) is 32.0 Å². The molecule has 0 N–H and O–H groups in total. The van der Waals surface area contributed by atoms with E-state index in [1.807, 2.05) is 19.9 Å². The molecule has 7 nitrogen and oxygen atoms in total. The highest BCUT2D eigenvalue weighted by molar-refractivity contribution is 5.98. The summed E-state index contributed by atoms with van der Waals surface area (Å²) in [7, 11) is 0. The minimum atomic E-state index is -0.619. The summed E-state index contributed by atoms with van der Waals surface area (Å²) in [5, 5.41) is 3.84. The zero-order valence-corrected chi connectivity index (χ0v) is 17.3. The van der Waals surface area contributed by atoms with E-state index in [1.54, 1.807) is 11.0 Å². The van der Waals surface area contributed by atoms with E-state index in [-0.39, 0.29) is 17.2 Å². The molecule has 3 aromatic rings. The Morgan fingerprint density at radius 3 is 2.32 bits per heavy atom. The zero-order chi connectivity index (χ0) is 21.7. The molecule has 2 fully saturated rings. The van der Waals surface area contributed by atoms with Crippen molar-refractivity contribution in [3.8, 4) is 5.69 Å². The minimum absolute atomic E-state index is 0.0290. The van der Waals surface area contributed by atoms with Crippen molar-refractivity contribution in [3.05, 3.63) is 65.2 Å². The maximum atomic E-state index is 14.6. The first-order valence-corrected chi connectivity index (χ1v) is 10.2. The van der Waals surface area contributed by atoms with Crippen molar-refractivity contribution in [1.82, 2.24) is 24.6 Å². The fraction of sp³-hybridized carbons (Fsp3) is 0.364. The van der Waals surface area contributed by atoms with Crippen molar-refractivity contribution in [2.45, 2.75) is 13.8 Å². The molecule has 2 aliphatic heterocycles. The van der Waals surface area contributed by atoms with Gasteiger partial charge in [-0.1, -0.05) is 6.07 Å². The van der Waals surface area contributed by atoms with Crippen LogP contribution in [0.25, 0.3) is 5.69 Å². The zero-order valence-electron chi connectivity index (χ0n) is 17.3. The molecule has 1 aromatic carbocycles. The summed E-state index contributed by atoms with van der Waals surface area (Å²) < 4.78 is 29.1. The van der Waals surface area contributed by atoms with Crippen LogP contribution < -0.4 is 4.90 Å². The third kappa shape index (κ3) is 3.54. The normalized spacial score (nSPS) is 20.4. The number of amides is 1. The van der Waals surface area contributed by atoms with Crippen molar-refractivity contribution >= 4 is 11.9 Å². The maximum absolute atomic E-state index is 14.6. The highest BCUT2D eigenvalue weighted by Gasteiger charge is 2.43. The smallest absolute Gasteiger partial charge is 0.256 e. The molecule has 0 radical (unpaired) electrons. The van der Waals surface area contributed by atoms with Gasteiger partial charge < -0.3 is 9.80 Å². The van der Waals surface area contributed by atoms with Crippen LogP contribution in [0.2, 0.25) is 0 Å². The first kappa shape index (κ1) is 19.6. The predicted octanol–water partition coefficient (Wildman–Crippen LogP) is 2.77. The van der Waals surface area contributed by atoms with E-state index < -0.39 is 11.6 Å². The largest absolute Gasteiger partial charge is 0.340 e. The molecule has 4 heterocycles. The van der Waals surface area contributed by atoms with Crippen molar-refractivity contribution in [3.63, 3.8) is 0 Å². The Balaban J connectivity index is 1.35. The number of fused-ring (bicyclic) bond motifs is 1. The van der Waals surface area contributed by atoms with E-state index in [0.29, 0.717) is 24.9 Å². The number of anilines is 1. The first-order valence-electron chi connectivity index (χ1n) is 10.2. The molecule has 0 bridgehead atoms. The van der Waals surface area contributed by atoms with Gasteiger partial charge in [0.25, 0.3) is 5.91 Å². The standard InChI is InChI=1S/C22H22F2N6O/c1-13-6-14(2)27-22(26-13)29-10-15-8-28(9-16(15)11-29)21(31)18-4-3-5-19(24)20(18)30-12-17(23)7-25-30/h3-7,12,15-16H,8-11H2,1-2H3. The fourth-order valence-corrected chi connectivity index (χ4v) is 4.69. The molecule has 9 heteroatoms. The molecule has 160 valence electrons. The van der Waals surface area contributed by atoms with Crippen LogP contribution in [0.1, 0.15) is 21.7 Å². The van der Waals surface area contributed by atoms with Gasteiger partial charge in [-0.3, -0.25) is 4.79 Å². The number of carbonyl (C=O) groups excluding carboxylic acids is 1. The summed E-state index contributed by atoms with van der Waals surface area (Å²) in [6.07, 6.45) is 2.06. The van der Waals surface area contributed by atoms with Gasteiger partial charge in [-0.2, -0.15) is 5.10 Å². The molecule has 2 unspecified atom stereocenters. The molecule has 2 aliphatic rings. The van der Waals surface area contributed by atoms with Crippen LogP contribution in [0.3, 0.4) is 0 Å². The number of carbonyl (C=O) groups is 1. The first-order chi connectivity index (χ1) is 14.9. The Kier molecular flexibility index (Phi) is 4.68. The maximum Gasteiger partial charge on any atom is 0.256 e. The Labute approximate surface area is 178 Å². The number of rotatable bonds is 3. The molecule has 2 aromatic heterocycles. The van der Waals surface area contributed by atoms with Crippen molar-refractivity contribution in [2.75, 3.05) is 31.1 Å². The van der Waals surface area contributed by atoms with Crippen molar-refractivity contribution in [1.29, 1.82) is 0 Å². The second kappa shape index (κ2) is 7.40. The molecular weight excluding hydrogens is 402 g/mol. The van der Waals surface area contributed by atoms with Crippen LogP contribution in [0.5, 0.6) is 0 Å². The number of halogens is 2. The highest BCUT2D eigenvalue weighted by atomic mass is 19.1. The number of benzene rings is 1. The van der Waals surface area contributed by atoms with Gasteiger partial charge in [0.05, 0.1) is 18.0 Å². The quantitative estimate of drug-likeness (QED) is 0.647. The number of likely N-dealkylation sites (tertiary alicyclic amines) is 1. The lowest BCUT2D eigenvalue weighted by atomic mass is 10.0. The number of hydrogen-bond acceptors (Lipinski definition) is 5. The minimum Gasteiger partial charge on any atom is -0.340 e. The van der Waals surface area contributed by atoms with E-state index in [0.717, 1.165) is 47.5 Å². The Bertz CT molecular complexity index is 1130. The lowest BCUT2D eigenvalue weighted by molar-refractivity contribution is 0.0782. The van der Waals surface area contributed by atoms with Crippen LogP contribution in [-0.2, 0) is 0 Å². The Morgan fingerprint density at radius 2 is 1.71 bits per heavy atom. The summed E-state index contributed by atoms with van der Waals surface area (Å²) in [5.41, 5.74) is 2.02. The van der Waals surface area contributed by atoms with E-state index >= 15 is 0 Å². The SMILES string of the molecule is Cc1cc(C)nc(N2CC3CN(C(=O)c4cccc(F)c4-n4cc(F)cn4)CC3C2)n1. The topological polar surface area (TPSA) is 67.2 Å². The second-order valence-corrected chi connectivity index (χ2v) is 8.33. The van der Waals surface area contributed by atoms with Crippen LogP contribution in [0.4, 0.5) is 14.7 Å². The van der Waals surface area contributed by atoms with Gasteiger partial charge in [0.15, 0.2) is 5.82 Å². The van der Waals surface area contributed by atoms with Gasteiger partial charge in [0, 0.05) is 49.4 Å². The van der Waals surface area contributed by atoms with Crippen LogP contribution >= 0.6 is 0 Å². The average Bonchev–Trinajstić information content (AvgIpc) is 3.41. The van der Waals surface area contributed by atoms with Crippen LogP contribution in [0, 0.1) is 37.3 Å². The molecular formula is C22H22F2N6O. The van der Waals surface area contributed by atoms with Crippen LogP contribution in [-0.4, -0.2) is 56.7 Å². The monoisotopic (exact) mass is 424 g/mol. The number of aryl methyl sites for hydroxylation is 2. The third-order valence-electron chi connectivity index (χ3n) is 6.02. The summed E-state index contributed by atoms with van der Waals surface area (Å²) in [4.78, 5) is 26.3. The van der Waals surface area contributed by atoms with Crippen LogP contribution in [0.15, 0.2) is 36.7 Å². The number of hydrogen-bond donors (Lipinski definition) is 0. The van der Waals surface area contributed by atoms with Crippen molar-refractivity contribution in [2.24, 2.45) is 11.8 Å². The van der Waals surface area contributed by atoms with Gasteiger partial charge in [-0.15, -0.1) is 0 Å². The second-order valence-electron chi connectivity index (χ2n) is 8.33. The van der Waals surface area contributed by atoms with Gasteiger partial charge >= 0.3 is 0 Å². The Hall–Kier alpha value is -3.36. The lowest BCUT2D eigenvalue weighted by Gasteiger charge is -2.23. The molecule has 0 saturated carbocycles. The van der Waals surface area contributed by atoms with Gasteiger partial charge in [0.2, 0.25) is 5.95 Å². The van der Waals surface area contributed by atoms with Crippen molar-refractivity contribution < 1.29 is 13.6 Å². The molecule has 2 saturated heterocycles. The summed E-state index contributed by atoms with van der Waals surface area (Å²) in [6.45, 7) is 6.62. The molecule has 0 spiro atoms. The summed E-state index contributed by atoms with van der Waals surface area (Å²) in [6, 6.07) is 6.24.